The van der Waals surface area contributed by atoms with Gasteiger partial charge in [0.1, 0.15) is 37.5 Å². The first-order valence-corrected chi connectivity index (χ1v) is 10.9. The van der Waals surface area contributed by atoms with Gasteiger partial charge in [-0.1, -0.05) is 0 Å². The molecule has 0 saturated carbocycles. The van der Waals surface area contributed by atoms with E-state index in [0.29, 0.717) is 19.8 Å². The molecule has 33 heavy (non-hydrogen) atoms. The molecular weight excluding hydrogens is 432 g/mol. The lowest BCUT2D eigenvalue weighted by Crippen LogP contribution is -2.38. The number of hydrogen-bond acceptors (Lipinski definition) is 12. The van der Waals surface area contributed by atoms with Crippen molar-refractivity contribution in [3.63, 3.8) is 0 Å². The molecule has 12 nitrogen and oxygen atoms in total. The minimum atomic E-state index is -0.157. The predicted octanol–water partition coefficient (Wildman–Crippen LogP) is 1.04. The Balaban J connectivity index is 3.58. The van der Waals surface area contributed by atoms with Crippen molar-refractivity contribution in [2.24, 2.45) is 0 Å². The van der Waals surface area contributed by atoms with Crippen molar-refractivity contribution < 1.29 is 28.6 Å². The minimum absolute atomic E-state index is 0.0131. The van der Waals surface area contributed by atoms with E-state index < -0.39 is 0 Å². The molecule has 0 aliphatic rings. The Morgan fingerprint density at radius 3 is 1.24 bits per heavy atom. The van der Waals surface area contributed by atoms with Crippen LogP contribution in [0.5, 0.6) is 0 Å². The molecule has 12 heteroatoms. The molecule has 0 saturated heterocycles. The maximum absolute atomic E-state index is 11.9. The van der Waals surface area contributed by atoms with Gasteiger partial charge in [0.25, 0.3) is 0 Å². The second-order valence-corrected chi connectivity index (χ2v) is 7.30. The van der Waals surface area contributed by atoms with Gasteiger partial charge in [0.05, 0.1) is 19.6 Å². The summed E-state index contributed by atoms with van der Waals surface area (Å²) in [6.45, 7) is 11.5. The zero-order chi connectivity index (χ0) is 24.8. The van der Waals surface area contributed by atoms with Crippen LogP contribution in [0.3, 0.4) is 0 Å². The normalized spacial score (nSPS) is 10.7. The third-order valence-corrected chi connectivity index (χ3v) is 4.04. The summed E-state index contributed by atoms with van der Waals surface area (Å²) in [5.74, 6) is 0.101. The van der Waals surface area contributed by atoms with Crippen molar-refractivity contribution in [3.05, 3.63) is 0 Å². The van der Waals surface area contributed by atoms with Crippen molar-refractivity contribution in [2.75, 3.05) is 74.3 Å². The van der Waals surface area contributed by atoms with Gasteiger partial charge >= 0.3 is 0 Å². The molecule has 1 aromatic rings. The molecule has 0 atom stereocenters. The largest absolute Gasteiger partial charge is 0.361 e. The van der Waals surface area contributed by atoms with Gasteiger partial charge in [-0.2, -0.15) is 15.0 Å². The highest BCUT2D eigenvalue weighted by Crippen LogP contribution is 2.20. The van der Waals surface area contributed by atoms with E-state index >= 15 is 0 Å². The zero-order valence-electron chi connectivity index (χ0n) is 20.5. The van der Waals surface area contributed by atoms with Gasteiger partial charge in [-0.25, -0.2) is 0 Å². The Hall–Kier alpha value is -2.70. The van der Waals surface area contributed by atoms with Gasteiger partial charge < -0.3 is 24.0 Å². The Morgan fingerprint density at radius 2 is 0.879 bits per heavy atom. The van der Waals surface area contributed by atoms with E-state index in [1.165, 1.54) is 25.7 Å². The molecule has 0 bridgehead atoms. The summed E-state index contributed by atoms with van der Waals surface area (Å²) >= 11 is 0. The number of hydrogen-bond donors (Lipinski definition) is 0. The fraction of sp³-hybridized carbons (Fsp3) is 0.714. The standard InChI is InChI=1S/C21H36N6O6/c1-7-31-13-26(12-18(6)30)20-22-19(25(10-16(4)28)11-17(5)29)23-21(24-20)27(14-32-8-2)15-33-9-3/h7-15H2,1-6H3. The highest BCUT2D eigenvalue weighted by Gasteiger charge is 2.23. The molecule has 0 N–H and O–H groups in total. The van der Waals surface area contributed by atoms with Gasteiger partial charge in [0.2, 0.25) is 17.8 Å². The maximum Gasteiger partial charge on any atom is 0.235 e. The van der Waals surface area contributed by atoms with Gasteiger partial charge in [-0.15, -0.1) is 0 Å². The molecule has 0 fully saturated rings. The first kappa shape index (κ1) is 28.3. The van der Waals surface area contributed by atoms with Crippen molar-refractivity contribution in [1.29, 1.82) is 0 Å². The van der Waals surface area contributed by atoms with E-state index in [9.17, 15) is 14.4 Å². The van der Waals surface area contributed by atoms with Crippen molar-refractivity contribution >= 4 is 35.2 Å². The van der Waals surface area contributed by atoms with Crippen LogP contribution in [-0.2, 0) is 28.6 Å². The third-order valence-electron chi connectivity index (χ3n) is 4.04. The number of aromatic nitrogens is 3. The maximum atomic E-state index is 11.9. The SMILES string of the molecule is CCOCN(COCC)c1nc(N(COCC)CC(C)=O)nc(N(CC(C)=O)CC(C)=O)n1. The van der Waals surface area contributed by atoms with E-state index in [1.54, 1.807) is 9.80 Å². The number of nitrogens with zero attached hydrogens (tertiary/aromatic N) is 6. The number of Topliss-reactive ketones (excluding diaryl/α,β-unsaturated/α-hetero) is 3. The first-order chi connectivity index (χ1) is 15.7. The van der Waals surface area contributed by atoms with Crippen LogP contribution in [0, 0.1) is 0 Å². The van der Waals surface area contributed by atoms with Crippen LogP contribution < -0.4 is 14.7 Å². The number of carbonyl (C=O) groups is 3. The molecule has 0 unspecified atom stereocenters. The molecule has 186 valence electrons. The molecule has 0 aliphatic heterocycles. The molecule has 0 radical (unpaired) electrons. The summed E-state index contributed by atoms with van der Waals surface area (Å²) < 4.78 is 16.6. The van der Waals surface area contributed by atoms with Gasteiger partial charge in [-0.05, 0) is 41.5 Å². The molecule has 1 heterocycles. The molecule has 0 amide bonds. The van der Waals surface area contributed by atoms with Crippen molar-refractivity contribution in [2.45, 2.75) is 41.5 Å². The lowest BCUT2D eigenvalue weighted by Gasteiger charge is -2.27. The Morgan fingerprint density at radius 1 is 0.576 bits per heavy atom. The van der Waals surface area contributed by atoms with Crippen molar-refractivity contribution in [3.8, 4) is 0 Å². The quantitative estimate of drug-likeness (QED) is 0.286. The Kier molecular flexibility index (Phi) is 13.0. The second-order valence-electron chi connectivity index (χ2n) is 7.30. The smallest absolute Gasteiger partial charge is 0.235 e. The molecule has 0 spiro atoms. The minimum Gasteiger partial charge on any atom is -0.361 e. The molecule has 1 rings (SSSR count). The molecule has 1 aromatic heterocycles. The number of ketones is 3. The summed E-state index contributed by atoms with van der Waals surface area (Å²) in [6.07, 6.45) is 0. The average molecular weight is 469 g/mol. The van der Waals surface area contributed by atoms with E-state index in [0.717, 1.165) is 0 Å². The summed E-state index contributed by atoms with van der Waals surface area (Å²) in [7, 11) is 0. The predicted molar refractivity (Wildman–Crippen MR) is 123 cm³/mol. The summed E-state index contributed by atoms with van der Waals surface area (Å²) in [4.78, 5) is 53.8. The average Bonchev–Trinajstić information content (AvgIpc) is 2.75. The van der Waals surface area contributed by atoms with E-state index in [1.807, 2.05) is 20.8 Å². The first-order valence-electron chi connectivity index (χ1n) is 10.9. The van der Waals surface area contributed by atoms with Crippen LogP contribution >= 0.6 is 0 Å². The zero-order valence-corrected chi connectivity index (χ0v) is 20.5. The second kappa shape index (κ2) is 15.2. The highest BCUT2D eigenvalue weighted by molar-refractivity contribution is 5.85. The number of anilines is 3. The Labute approximate surface area is 195 Å². The monoisotopic (exact) mass is 468 g/mol. The summed E-state index contributed by atoms with van der Waals surface area (Å²) in [5.41, 5.74) is 0. The van der Waals surface area contributed by atoms with E-state index in [2.05, 4.69) is 15.0 Å². The third kappa shape index (κ3) is 10.6. The number of ether oxygens (including phenoxy) is 3. The van der Waals surface area contributed by atoms with Crippen molar-refractivity contribution in [1.82, 2.24) is 15.0 Å². The van der Waals surface area contributed by atoms with Gasteiger partial charge in [-0.3, -0.25) is 19.3 Å². The van der Waals surface area contributed by atoms with Gasteiger partial charge in [0.15, 0.2) is 0 Å². The number of carbonyl (C=O) groups excluding carboxylic acids is 3. The lowest BCUT2D eigenvalue weighted by molar-refractivity contribution is -0.117. The van der Waals surface area contributed by atoms with Crippen LogP contribution in [-0.4, -0.2) is 91.9 Å². The lowest BCUT2D eigenvalue weighted by atomic mass is 10.3. The fourth-order valence-electron chi connectivity index (χ4n) is 2.70. The Bertz CT molecular complexity index is 754. The van der Waals surface area contributed by atoms with Crippen LogP contribution in [0.15, 0.2) is 0 Å². The van der Waals surface area contributed by atoms with E-state index in [-0.39, 0.29) is 75.0 Å². The summed E-state index contributed by atoms with van der Waals surface area (Å²) in [5, 5.41) is 0. The molecule has 0 aliphatic carbocycles. The summed E-state index contributed by atoms with van der Waals surface area (Å²) in [6, 6.07) is 0. The van der Waals surface area contributed by atoms with Crippen LogP contribution in [0.25, 0.3) is 0 Å². The topological polar surface area (TPSA) is 127 Å². The fourth-order valence-corrected chi connectivity index (χ4v) is 2.70. The highest BCUT2D eigenvalue weighted by atomic mass is 16.5. The van der Waals surface area contributed by atoms with Crippen LogP contribution in [0.2, 0.25) is 0 Å². The van der Waals surface area contributed by atoms with E-state index in [4.69, 9.17) is 14.2 Å². The van der Waals surface area contributed by atoms with Gasteiger partial charge in [0, 0.05) is 19.8 Å². The molecule has 0 aromatic carbocycles. The van der Waals surface area contributed by atoms with Crippen LogP contribution in [0.1, 0.15) is 41.5 Å². The number of rotatable bonds is 18. The van der Waals surface area contributed by atoms with Crippen LogP contribution in [0.4, 0.5) is 17.8 Å². The molecular formula is C21H36N6O6.